The lowest BCUT2D eigenvalue weighted by Crippen LogP contribution is -2.35. The maximum absolute atomic E-state index is 8.48. The van der Waals surface area contributed by atoms with E-state index in [0.717, 1.165) is 5.56 Å². The van der Waals surface area contributed by atoms with Crippen molar-refractivity contribution in [2.45, 2.75) is 38.4 Å². The number of hydrogen-bond donors (Lipinski definition) is 0. The Morgan fingerprint density at radius 1 is 1.45 bits per heavy atom. The van der Waals surface area contributed by atoms with E-state index in [4.69, 9.17) is 19.7 Å². The summed E-state index contributed by atoms with van der Waals surface area (Å²) >= 11 is 0. The van der Waals surface area contributed by atoms with Gasteiger partial charge in [-0.2, -0.15) is 0 Å². The van der Waals surface area contributed by atoms with Gasteiger partial charge in [0.25, 0.3) is 0 Å². The second-order valence-corrected chi connectivity index (χ2v) is 5.12. The van der Waals surface area contributed by atoms with E-state index in [-0.39, 0.29) is 18.8 Å². The van der Waals surface area contributed by atoms with Crippen molar-refractivity contribution in [3.63, 3.8) is 0 Å². The van der Waals surface area contributed by atoms with E-state index in [1.165, 1.54) is 0 Å². The maximum atomic E-state index is 8.48. The Morgan fingerprint density at radius 3 is 2.80 bits per heavy atom. The molecule has 20 heavy (non-hydrogen) atoms. The van der Waals surface area contributed by atoms with E-state index in [1.54, 1.807) is 0 Å². The summed E-state index contributed by atoms with van der Waals surface area (Å²) in [5.41, 5.74) is 9.54. The minimum Gasteiger partial charge on any atom is -0.371 e. The summed E-state index contributed by atoms with van der Waals surface area (Å²) in [5, 5.41) is 3.60. The summed E-state index contributed by atoms with van der Waals surface area (Å²) in [5.74, 6) is -0.616. The molecule has 2 rings (SSSR count). The van der Waals surface area contributed by atoms with Gasteiger partial charge < -0.3 is 14.2 Å². The molecule has 1 fully saturated rings. The highest BCUT2D eigenvalue weighted by molar-refractivity contribution is 5.13. The highest BCUT2D eigenvalue weighted by Crippen LogP contribution is 2.26. The summed E-state index contributed by atoms with van der Waals surface area (Å²) in [6.07, 6.45) is -0.535. The molecule has 0 bridgehead atoms. The summed E-state index contributed by atoms with van der Waals surface area (Å²) < 4.78 is 17.1. The zero-order valence-corrected chi connectivity index (χ0v) is 11.7. The predicted molar refractivity (Wildman–Crippen MR) is 73.9 cm³/mol. The number of benzene rings is 1. The SMILES string of the molecule is CC1(C)OC[C@@H](C(CN=[N+]=[N-])OCc2ccccc2)O1. The van der Waals surface area contributed by atoms with Crippen LogP contribution in [0, 0.1) is 0 Å². The first-order chi connectivity index (χ1) is 9.61. The lowest BCUT2D eigenvalue weighted by molar-refractivity contribution is -0.156. The lowest BCUT2D eigenvalue weighted by Gasteiger charge is -2.23. The number of nitrogens with zero attached hydrogens (tertiary/aromatic N) is 3. The first kappa shape index (κ1) is 14.8. The average Bonchev–Trinajstić information content (AvgIpc) is 2.80. The number of ether oxygens (including phenoxy) is 3. The van der Waals surface area contributed by atoms with Crippen LogP contribution in [-0.2, 0) is 20.8 Å². The number of azide groups is 1. The zero-order chi connectivity index (χ0) is 14.4. The Labute approximate surface area is 118 Å². The van der Waals surface area contributed by atoms with Crippen molar-refractivity contribution >= 4 is 0 Å². The van der Waals surface area contributed by atoms with Gasteiger partial charge in [0.1, 0.15) is 6.10 Å². The van der Waals surface area contributed by atoms with Crippen molar-refractivity contribution in [1.29, 1.82) is 0 Å². The molecular weight excluding hydrogens is 258 g/mol. The molecular formula is C14H19N3O3. The number of rotatable bonds is 6. The van der Waals surface area contributed by atoms with Gasteiger partial charge in [-0.05, 0) is 24.9 Å². The van der Waals surface area contributed by atoms with Crippen molar-refractivity contribution in [1.82, 2.24) is 0 Å². The van der Waals surface area contributed by atoms with Gasteiger partial charge in [0.15, 0.2) is 5.79 Å². The van der Waals surface area contributed by atoms with Crippen LogP contribution in [0.3, 0.4) is 0 Å². The molecule has 6 heteroatoms. The fourth-order valence-corrected chi connectivity index (χ4v) is 2.07. The van der Waals surface area contributed by atoms with Crippen molar-refractivity contribution in [3.8, 4) is 0 Å². The molecule has 1 saturated heterocycles. The summed E-state index contributed by atoms with van der Waals surface area (Å²) in [7, 11) is 0. The molecule has 1 aromatic rings. The Kier molecular flexibility index (Phi) is 4.98. The van der Waals surface area contributed by atoms with Crippen LogP contribution in [0.25, 0.3) is 10.4 Å². The van der Waals surface area contributed by atoms with Crippen LogP contribution in [-0.4, -0.2) is 31.1 Å². The van der Waals surface area contributed by atoms with Crippen LogP contribution in [0.1, 0.15) is 19.4 Å². The van der Waals surface area contributed by atoms with Crippen LogP contribution in [0.5, 0.6) is 0 Å². The largest absolute Gasteiger partial charge is 0.371 e. The highest BCUT2D eigenvalue weighted by atomic mass is 16.7. The zero-order valence-electron chi connectivity index (χ0n) is 11.7. The first-order valence-electron chi connectivity index (χ1n) is 6.59. The third-order valence-electron chi connectivity index (χ3n) is 3.08. The molecule has 6 nitrogen and oxygen atoms in total. The van der Waals surface area contributed by atoms with Crippen LogP contribution in [0.2, 0.25) is 0 Å². The Balaban J connectivity index is 1.95. The van der Waals surface area contributed by atoms with E-state index in [2.05, 4.69) is 10.0 Å². The van der Waals surface area contributed by atoms with E-state index < -0.39 is 5.79 Å². The molecule has 1 aromatic carbocycles. The van der Waals surface area contributed by atoms with E-state index >= 15 is 0 Å². The van der Waals surface area contributed by atoms with Crippen molar-refractivity contribution in [3.05, 3.63) is 46.3 Å². The Bertz CT molecular complexity index is 472. The minimum absolute atomic E-state index is 0.223. The van der Waals surface area contributed by atoms with Gasteiger partial charge in [-0.15, -0.1) is 0 Å². The highest BCUT2D eigenvalue weighted by Gasteiger charge is 2.37. The van der Waals surface area contributed by atoms with Gasteiger partial charge >= 0.3 is 0 Å². The Morgan fingerprint density at radius 2 is 2.20 bits per heavy atom. The Hall–Kier alpha value is -1.59. The van der Waals surface area contributed by atoms with Crippen LogP contribution >= 0.6 is 0 Å². The van der Waals surface area contributed by atoms with Crippen LogP contribution in [0.15, 0.2) is 35.4 Å². The fourth-order valence-electron chi connectivity index (χ4n) is 2.07. The summed E-state index contributed by atoms with van der Waals surface area (Å²) in [6, 6.07) is 9.84. The molecule has 0 aromatic heterocycles. The smallest absolute Gasteiger partial charge is 0.163 e. The van der Waals surface area contributed by atoms with Gasteiger partial charge in [0.05, 0.1) is 25.9 Å². The van der Waals surface area contributed by atoms with E-state index in [0.29, 0.717) is 13.2 Å². The minimum atomic E-state index is -0.616. The van der Waals surface area contributed by atoms with Crippen molar-refractivity contribution < 1.29 is 14.2 Å². The monoisotopic (exact) mass is 277 g/mol. The van der Waals surface area contributed by atoms with Gasteiger partial charge in [0.2, 0.25) is 0 Å². The first-order valence-corrected chi connectivity index (χ1v) is 6.59. The van der Waals surface area contributed by atoms with E-state index in [9.17, 15) is 0 Å². The second-order valence-electron chi connectivity index (χ2n) is 5.12. The molecule has 1 aliphatic heterocycles. The lowest BCUT2D eigenvalue weighted by atomic mass is 10.2. The van der Waals surface area contributed by atoms with Gasteiger partial charge in [0, 0.05) is 4.91 Å². The van der Waals surface area contributed by atoms with Crippen molar-refractivity contribution in [2.24, 2.45) is 5.11 Å². The molecule has 0 spiro atoms. The normalized spacial score (nSPS) is 22.2. The second kappa shape index (κ2) is 6.72. The molecule has 1 aliphatic rings. The molecule has 2 atom stereocenters. The standard InChI is InChI=1S/C14H19N3O3/c1-14(2)19-10-13(20-14)12(8-16-17-15)18-9-11-6-4-3-5-7-11/h3-7,12-13H,8-10H2,1-2H3/t12?,13-/m0/s1. The third kappa shape index (κ3) is 4.21. The molecule has 0 N–H and O–H groups in total. The quantitative estimate of drug-likeness (QED) is 0.455. The summed E-state index contributed by atoms with van der Waals surface area (Å²) in [4.78, 5) is 2.79. The molecule has 0 aliphatic carbocycles. The fraction of sp³-hybridized carbons (Fsp3) is 0.571. The molecule has 0 radical (unpaired) electrons. The van der Waals surface area contributed by atoms with Gasteiger partial charge in [-0.25, -0.2) is 0 Å². The topological polar surface area (TPSA) is 76.5 Å². The maximum Gasteiger partial charge on any atom is 0.163 e. The summed E-state index contributed by atoms with van der Waals surface area (Å²) in [6.45, 7) is 4.83. The number of hydrogen-bond acceptors (Lipinski definition) is 4. The molecule has 1 heterocycles. The predicted octanol–water partition coefficient (Wildman–Crippen LogP) is 3.03. The average molecular weight is 277 g/mol. The molecule has 0 amide bonds. The van der Waals surface area contributed by atoms with E-state index in [1.807, 2.05) is 44.2 Å². The van der Waals surface area contributed by atoms with Gasteiger partial charge in [-0.1, -0.05) is 35.4 Å². The van der Waals surface area contributed by atoms with Crippen LogP contribution < -0.4 is 0 Å². The van der Waals surface area contributed by atoms with Crippen LogP contribution in [0.4, 0.5) is 0 Å². The third-order valence-corrected chi connectivity index (χ3v) is 3.08. The molecule has 0 saturated carbocycles. The molecule has 1 unspecified atom stereocenters. The van der Waals surface area contributed by atoms with Gasteiger partial charge in [-0.3, -0.25) is 0 Å². The van der Waals surface area contributed by atoms with Crippen molar-refractivity contribution in [2.75, 3.05) is 13.2 Å². The molecule has 108 valence electrons.